The molecule has 0 unspecified atom stereocenters. The maximum absolute atomic E-state index is 13.4. The fourth-order valence-electron chi connectivity index (χ4n) is 4.90. The zero-order valence-corrected chi connectivity index (χ0v) is 16.9. The molecule has 0 bridgehead atoms. The van der Waals surface area contributed by atoms with Gasteiger partial charge in [0.25, 0.3) is 5.56 Å². The van der Waals surface area contributed by atoms with E-state index in [-0.39, 0.29) is 18.6 Å². The number of aromatic nitrogens is 2. The van der Waals surface area contributed by atoms with Crippen LogP contribution in [0.5, 0.6) is 0 Å². The summed E-state index contributed by atoms with van der Waals surface area (Å²) in [7, 11) is 2.71. The van der Waals surface area contributed by atoms with E-state index in [2.05, 4.69) is 0 Å². The van der Waals surface area contributed by atoms with Crippen LogP contribution in [0.25, 0.3) is 5.65 Å². The minimum absolute atomic E-state index is 0.127. The Labute approximate surface area is 171 Å². The molecule has 0 aromatic carbocycles. The summed E-state index contributed by atoms with van der Waals surface area (Å²) in [4.78, 5) is 61.1. The van der Waals surface area contributed by atoms with Crippen molar-refractivity contribution in [2.45, 2.75) is 19.4 Å². The van der Waals surface area contributed by atoms with E-state index in [0.717, 1.165) is 15.4 Å². The molecule has 3 aliphatic rings. The van der Waals surface area contributed by atoms with Gasteiger partial charge in [0.05, 0.1) is 24.8 Å². The lowest BCUT2D eigenvalue weighted by Crippen LogP contribution is -2.73. The second kappa shape index (κ2) is 6.11. The fraction of sp³-hybridized carbons (Fsp3) is 0.450. The first kappa shape index (κ1) is 18.7. The molecule has 2 aromatic rings. The van der Waals surface area contributed by atoms with Crippen molar-refractivity contribution in [3.05, 3.63) is 39.8 Å². The molecule has 0 radical (unpaired) electrons. The number of aryl methyl sites for hydroxylation is 1. The molecule has 10 nitrogen and oxygen atoms in total. The van der Waals surface area contributed by atoms with E-state index >= 15 is 0 Å². The van der Waals surface area contributed by atoms with Gasteiger partial charge in [-0.15, -0.1) is 0 Å². The SMILES string of the molecule is Cc1cccn2c(=O)c3c(nc12)N1CCOC[C@@H]1C1(C3)C(=O)N(C)C(=O)N(C)C1=O. The van der Waals surface area contributed by atoms with Crippen LogP contribution in [0.15, 0.2) is 23.1 Å². The van der Waals surface area contributed by atoms with Gasteiger partial charge in [-0.05, 0) is 18.6 Å². The van der Waals surface area contributed by atoms with Crippen molar-refractivity contribution in [1.29, 1.82) is 0 Å². The van der Waals surface area contributed by atoms with E-state index in [0.29, 0.717) is 30.2 Å². The summed E-state index contributed by atoms with van der Waals surface area (Å²) >= 11 is 0. The lowest BCUT2D eigenvalue weighted by atomic mass is 9.68. The number of imide groups is 2. The van der Waals surface area contributed by atoms with Crippen molar-refractivity contribution in [1.82, 2.24) is 19.2 Å². The van der Waals surface area contributed by atoms with Gasteiger partial charge < -0.3 is 9.64 Å². The predicted octanol–water partition coefficient (Wildman–Crippen LogP) is -0.199. The standard InChI is InChI=1S/C20H21N5O5/c1-11-5-4-6-25-14(11)21-15-12(16(25)26)9-20(13-10-30-8-7-24(13)15)17(27)22(2)19(29)23(3)18(20)28/h4-6,13H,7-10H2,1-3H3/t13-/m1/s1. The summed E-state index contributed by atoms with van der Waals surface area (Å²) < 4.78 is 7.08. The Morgan fingerprint density at radius 2 is 1.83 bits per heavy atom. The average Bonchev–Trinajstić information content (AvgIpc) is 2.76. The number of fused-ring (bicyclic) bond motifs is 5. The minimum atomic E-state index is -1.62. The molecule has 10 heteroatoms. The van der Waals surface area contributed by atoms with Gasteiger partial charge in [-0.1, -0.05) is 6.07 Å². The molecule has 30 heavy (non-hydrogen) atoms. The number of carbonyl (C=O) groups excluding carboxylic acids is 3. The van der Waals surface area contributed by atoms with Gasteiger partial charge in [0.1, 0.15) is 11.5 Å². The van der Waals surface area contributed by atoms with Gasteiger partial charge in [-0.2, -0.15) is 0 Å². The van der Waals surface area contributed by atoms with Crippen LogP contribution in [0.3, 0.4) is 0 Å². The topological polar surface area (TPSA) is 105 Å². The summed E-state index contributed by atoms with van der Waals surface area (Å²) in [6.07, 6.45) is 1.50. The van der Waals surface area contributed by atoms with Crippen LogP contribution >= 0.6 is 0 Å². The van der Waals surface area contributed by atoms with Crippen molar-refractivity contribution in [3.63, 3.8) is 0 Å². The quantitative estimate of drug-likeness (QED) is 0.553. The number of nitrogens with zero attached hydrogens (tertiary/aromatic N) is 5. The first-order chi connectivity index (χ1) is 14.3. The van der Waals surface area contributed by atoms with Crippen LogP contribution in [0.1, 0.15) is 11.1 Å². The first-order valence-corrected chi connectivity index (χ1v) is 9.74. The van der Waals surface area contributed by atoms with Crippen molar-refractivity contribution >= 4 is 29.3 Å². The van der Waals surface area contributed by atoms with Crippen molar-refractivity contribution in [3.8, 4) is 0 Å². The van der Waals surface area contributed by atoms with Gasteiger partial charge in [-0.3, -0.25) is 28.6 Å². The van der Waals surface area contributed by atoms with E-state index in [4.69, 9.17) is 9.72 Å². The minimum Gasteiger partial charge on any atom is -0.377 e. The molecular weight excluding hydrogens is 390 g/mol. The molecule has 0 aliphatic carbocycles. The smallest absolute Gasteiger partial charge is 0.332 e. The van der Waals surface area contributed by atoms with E-state index in [9.17, 15) is 19.2 Å². The van der Waals surface area contributed by atoms with E-state index in [1.807, 2.05) is 17.9 Å². The number of urea groups is 1. The predicted molar refractivity (Wildman–Crippen MR) is 105 cm³/mol. The number of rotatable bonds is 0. The highest BCUT2D eigenvalue weighted by molar-refractivity contribution is 6.20. The number of pyridine rings is 1. The van der Waals surface area contributed by atoms with Crippen LogP contribution in [0.2, 0.25) is 0 Å². The Balaban J connectivity index is 1.81. The number of amides is 4. The number of ether oxygens (including phenoxy) is 1. The zero-order chi connectivity index (χ0) is 21.4. The molecule has 156 valence electrons. The second-order valence-electron chi connectivity index (χ2n) is 8.05. The molecule has 0 saturated carbocycles. The summed E-state index contributed by atoms with van der Waals surface area (Å²) in [5.74, 6) is -0.748. The maximum atomic E-state index is 13.4. The summed E-state index contributed by atoms with van der Waals surface area (Å²) in [5.41, 5.74) is -0.255. The van der Waals surface area contributed by atoms with Crippen LogP contribution in [0.4, 0.5) is 10.6 Å². The monoisotopic (exact) mass is 411 g/mol. The molecule has 2 fully saturated rings. The molecule has 2 aromatic heterocycles. The van der Waals surface area contributed by atoms with E-state index in [1.165, 1.54) is 18.5 Å². The van der Waals surface area contributed by atoms with Crippen LogP contribution in [-0.2, 0) is 20.7 Å². The third-order valence-electron chi connectivity index (χ3n) is 6.49. The summed E-state index contributed by atoms with van der Waals surface area (Å²) in [5, 5.41) is 0. The Hall–Kier alpha value is -3.27. The van der Waals surface area contributed by atoms with Crippen LogP contribution in [0, 0.1) is 12.3 Å². The molecule has 1 atom stereocenters. The zero-order valence-electron chi connectivity index (χ0n) is 16.9. The molecule has 3 aliphatic heterocycles. The van der Waals surface area contributed by atoms with Crippen molar-refractivity contribution < 1.29 is 19.1 Å². The average molecular weight is 411 g/mol. The molecule has 4 amide bonds. The third-order valence-corrected chi connectivity index (χ3v) is 6.49. The van der Waals surface area contributed by atoms with E-state index < -0.39 is 29.3 Å². The molecular formula is C20H21N5O5. The highest BCUT2D eigenvalue weighted by Gasteiger charge is 2.64. The van der Waals surface area contributed by atoms with Gasteiger partial charge in [0.15, 0.2) is 5.41 Å². The third kappa shape index (κ3) is 2.14. The highest BCUT2D eigenvalue weighted by atomic mass is 16.5. The fourth-order valence-corrected chi connectivity index (χ4v) is 4.90. The maximum Gasteiger partial charge on any atom is 0.332 e. The van der Waals surface area contributed by atoms with Crippen LogP contribution in [-0.4, -0.2) is 76.9 Å². The Bertz CT molecular complexity index is 1160. The first-order valence-electron chi connectivity index (χ1n) is 9.74. The largest absolute Gasteiger partial charge is 0.377 e. The van der Waals surface area contributed by atoms with Gasteiger partial charge >= 0.3 is 6.03 Å². The van der Waals surface area contributed by atoms with Crippen LogP contribution < -0.4 is 10.5 Å². The van der Waals surface area contributed by atoms with Gasteiger partial charge in [-0.25, -0.2) is 9.78 Å². The summed E-state index contributed by atoms with van der Waals surface area (Å²) in [6.45, 7) is 2.77. The highest BCUT2D eigenvalue weighted by Crippen LogP contribution is 2.45. The van der Waals surface area contributed by atoms with E-state index in [1.54, 1.807) is 12.3 Å². The molecule has 0 N–H and O–H groups in total. The Morgan fingerprint density at radius 3 is 2.53 bits per heavy atom. The van der Waals surface area contributed by atoms with Crippen molar-refractivity contribution in [2.24, 2.45) is 5.41 Å². The van der Waals surface area contributed by atoms with Crippen molar-refractivity contribution in [2.75, 3.05) is 38.8 Å². The lowest BCUT2D eigenvalue weighted by Gasteiger charge is -2.53. The number of hydrogen-bond donors (Lipinski definition) is 0. The lowest BCUT2D eigenvalue weighted by molar-refractivity contribution is -0.161. The normalized spacial score (nSPS) is 23.2. The van der Waals surface area contributed by atoms with Gasteiger partial charge in [0, 0.05) is 33.3 Å². The Morgan fingerprint density at radius 1 is 1.13 bits per heavy atom. The Kier molecular flexibility index (Phi) is 3.82. The molecule has 5 rings (SSSR count). The molecule has 1 spiro atoms. The number of morpholine rings is 1. The number of anilines is 1. The summed E-state index contributed by atoms with van der Waals surface area (Å²) in [6, 6.07) is 2.29. The number of hydrogen-bond acceptors (Lipinski definition) is 7. The number of carbonyl (C=O) groups is 3. The second-order valence-corrected chi connectivity index (χ2v) is 8.05. The number of barbiturate groups is 1. The van der Waals surface area contributed by atoms with Gasteiger partial charge in [0.2, 0.25) is 11.8 Å². The molecule has 2 saturated heterocycles. The molecule has 5 heterocycles.